The Bertz CT molecular complexity index is 2390. The van der Waals surface area contributed by atoms with Crippen LogP contribution in [-0.2, 0) is 11.2 Å². The predicted octanol–water partition coefficient (Wildman–Crippen LogP) is 6.97. The number of carboxylic acid groups (broad SMARTS) is 1. The number of aromatic nitrogens is 8. The van der Waals surface area contributed by atoms with Crippen LogP contribution in [0.15, 0.2) is 45.8 Å². The standard InChI is InChI=1S/C21H27N5O3S.C13H22N2O2.C8H7N3O2S/c1-12-6-7-15(18-24-14(3)17(29-18)21(4,5)28)11-25(12)19(27)16-10-13(2)30-20(16)26-22-8-9-23-26;1-8-5-6-10(7-14-8)12-15-11(9(2)17-12)13(3,4)16;1-5-4-6(8(12)13)7(14-5)11-9-2-3-10-11/h8-10,12,15,28H,6-7,11H2,1-5H3;8,10,14,16H,5-7H2,1-4H3;2-4H,1H3,(H,12,13)/t12-,15-;8-,10-;/m11./s1. The molecule has 8 heterocycles. The van der Waals surface area contributed by atoms with Gasteiger partial charge in [-0.15, -0.1) is 32.3 Å². The fourth-order valence-corrected chi connectivity index (χ4v) is 9.35. The van der Waals surface area contributed by atoms with Gasteiger partial charge in [-0.1, -0.05) is 0 Å². The zero-order chi connectivity index (χ0) is 44.4. The third-order valence-corrected chi connectivity index (χ3v) is 12.6. The van der Waals surface area contributed by atoms with Crippen molar-refractivity contribution in [2.24, 2.45) is 0 Å². The molecule has 61 heavy (non-hydrogen) atoms. The minimum absolute atomic E-state index is 0.00837. The van der Waals surface area contributed by atoms with Crippen molar-refractivity contribution < 1.29 is 33.7 Å². The van der Waals surface area contributed by atoms with Gasteiger partial charge in [-0.25, -0.2) is 14.8 Å². The quantitative estimate of drug-likeness (QED) is 0.121. The molecule has 4 atom stereocenters. The molecule has 2 saturated heterocycles. The second kappa shape index (κ2) is 18.5. The number of carbonyl (C=O) groups excluding carboxylic acids is 1. The van der Waals surface area contributed by atoms with Crippen LogP contribution < -0.4 is 5.32 Å². The highest BCUT2D eigenvalue weighted by atomic mass is 32.1. The third kappa shape index (κ3) is 10.7. The number of nitrogens with one attached hydrogen (secondary N) is 1. The Balaban J connectivity index is 0.000000169. The molecule has 17 nitrogen and oxygen atoms in total. The van der Waals surface area contributed by atoms with Gasteiger partial charge in [-0.3, -0.25) is 4.79 Å². The third-order valence-electron chi connectivity index (χ3n) is 10.6. The molecule has 2 aliphatic heterocycles. The van der Waals surface area contributed by atoms with Gasteiger partial charge in [0, 0.05) is 40.8 Å². The first-order chi connectivity index (χ1) is 28.7. The van der Waals surface area contributed by atoms with Crippen molar-refractivity contribution in [1.29, 1.82) is 0 Å². The molecule has 8 rings (SSSR count). The molecule has 4 N–H and O–H groups in total. The zero-order valence-corrected chi connectivity index (χ0v) is 38.0. The molecular formula is C42H56N10O7S2. The molecule has 6 aromatic heterocycles. The lowest BCUT2D eigenvalue weighted by Crippen LogP contribution is -2.45. The van der Waals surface area contributed by atoms with Crippen LogP contribution in [0.4, 0.5) is 0 Å². The largest absolute Gasteiger partial charge is 0.478 e. The summed E-state index contributed by atoms with van der Waals surface area (Å²) in [6.45, 7) is 20.1. The molecule has 0 saturated carbocycles. The predicted molar refractivity (Wildman–Crippen MR) is 230 cm³/mol. The van der Waals surface area contributed by atoms with Gasteiger partial charge in [-0.2, -0.15) is 20.4 Å². The van der Waals surface area contributed by atoms with Crippen LogP contribution in [0.2, 0.25) is 0 Å². The number of oxazole rings is 2. The summed E-state index contributed by atoms with van der Waals surface area (Å²) in [5.41, 5.74) is 0.180. The van der Waals surface area contributed by atoms with Crippen molar-refractivity contribution in [2.45, 2.75) is 130 Å². The second-order valence-corrected chi connectivity index (χ2v) is 19.3. The van der Waals surface area contributed by atoms with Crippen LogP contribution in [-0.4, -0.2) is 97.2 Å². The first-order valence-corrected chi connectivity index (χ1v) is 22.0. The molecule has 328 valence electrons. The molecule has 0 bridgehead atoms. The second-order valence-electron chi connectivity index (χ2n) is 16.8. The van der Waals surface area contributed by atoms with Gasteiger partial charge in [0.1, 0.15) is 22.7 Å². The molecule has 1 amide bonds. The number of rotatable bonds is 8. The van der Waals surface area contributed by atoms with Gasteiger partial charge in [-0.05, 0) is 107 Å². The van der Waals surface area contributed by atoms with E-state index in [-0.39, 0.29) is 23.4 Å². The van der Waals surface area contributed by atoms with E-state index in [2.05, 4.69) is 49.5 Å². The van der Waals surface area contributed by atoms with Gasteiger partial charge in [0.2, 0.25) is 0 Å². The van der Waals surface area contributed by atoms with Crippen molar-refractivity contribution in [3.63, 3.8) is 0 Å². The van der Waals surface area contributed by atoms with Gasteiger partial charge >= 0.3 is 5.97 Å². The smallest absolute Gasteiger partial charge is 0.338 e. The van der Waals surface area contributed by atoms with Gasteiger partial charge in [0.25, 0.3) is 5.91 Å². The van der Waals surface area contributed by atoms with Crippen LogP contribution in [0.3, 0.4) is 0 Å². The fourth-order valence-electron chi connectivity index (χ4n) is 7.52. The molecule has 0 spiro atoms. The number of aryl methyl sites for hydroxylation is 4. The topological polar surface area (TPSA) is 224 Å². The van der Waals surface area contributed by atoms with Crippen LogP contribution in [0.1, 0.15) is 144 Å². The molecule has 2 aliphatic rings. The maximum Gasteiger partial charge on any atom is 0.338 e. The van der Waals surface area contributed by atoms with E-state index in [0.717, 1.165) is 58.6 Å². The average molecular weight is 877 g/mol. The molecule has 2 fully saturated rings. The van der Waals surface area contributed by atoms with Crippen LogP contribution in [0.5, 0.6) is 0 Å². The summed E-state index contributed by atoms with van der Waals surface area (Å²) in [5, 5.41) is 50.1. The molecule has 0 radical (unpaired) electrons. The molecule has 0 aliphatic carbocycles. The highest BCUT2D eigenvalue weighted by Crippen LogP contribution is 2.36. The minimum Gasteiger partial charge on any atom is -0.478 e. The monoisotopic (exact) mass is 876 g/mol. The molecule has 19 heteroatoms. The Kier molecular flexibility index (Phi) is 13.8. The summed E-state index contributed by atoms with van der Waals surface area (Å²) in [5.74, 6) is 1.90. The van der Waals surface area contributed by atoms with E-state index >= 15 is 0 Å². The molecule has 0 unspecified atom stereocenters. The van der Waals surface area contributed by atoms with Crippen molar-refractivity contribution in [1.82, 2.24) is 50.2 Å². The van der Waals surface area contributed by atoms with E-state index in [1.165, 1.54) is 44.7 Å². The van der Waals surface area contributed by atoms with Crippen molar-refractivity contribution >= 4 is 34.6 Å². The maximum absolute atomic E-state index is 13.5. The summed E-state index contributed by atoms with van der Waals surface area (Å²) < 4.78 is 11.7. The molecule has 0 aromatic carbocycles. The number of hydrogen-bond donors (Lipinski definition) is 4. The Morgan fingerprint density at radius 3 is 1.79 bits per heavy atom. The van der Waals surface area contributed by atoms with E-state index in [4.69, 9.17) is 13.9 Å². The van der Waals surface area contributed by atoms with Crippen LogP contribution in [0, 0.1) is 27.7 Å². The number of amides is 1. The Morgan fingerprint density at radius 1 is 0.754 bits per heavy atom. The number of nitrogens with zero attached hydrogens (tertiary/aromatic N) is 9. The number of aliphatic hydroxyl groups is 2. The van der Waals surface area contributed by atoms with Gasteiger partial charge < -0.3 is 34.4 Å². The van der Waals surface area contributed by atoms with Crippen molar-refractivity contribution in [3.05, 3.63) is 92.5 Å². The maximum atomic E-state index is 13.5. The fraction of sp³-hybridized carbons (Fsp3) is 0.524. The number of piperidine rings is 2. The summed E-state index contributed by atoms with van der Waals surface area (Å²) in [6.07, 6.45) is 10.2. The van der Waals surface area contributed by atoms with E-state index in [0.29, 0.717) is 52.1 Å². The summed E-state index contributed by atoms with van der Waals surface area (Å²) >= 11 is 2.86. The number of hydrogen-bond acceptors (Lipinski definition) is 15. The van der Waals surface area contributed by atoms with Crippen LogP contribution >= 0.6 is 22.7 Å². The van der Waals surface area contributed by atoms with Crippen molar-refractivity contribution in [2.75, 3.05) is 13.1 Å². The lowest BCUT2D eigenvalue weighted by Gasteiger charge is -2.37. The minimum atomic E-state index is -1.09. The first kappa shape index (κ1) is 45.4. The number of thiophene rings is 2. The summed E-state index contributed by atoms with van der Waals surface area (Å²) in [4.78, 5) is 40.1. The summed E-state index contributed by atoms with van der Waals surface area (Å²) in [7, 11) is 0. The number of aromatic carboxylic acids is 1. The van der Waals surface area contributed by atoms with Crippen molar-refractivity contribution in [3.8, 4) is 10.0 Å². The highest BCUT2D eigenvalue weighted by Gasteiger charge is 2.36. The molecular weight excluding hydrogens is 821 g/mol. The number of carboxylic acids is 1. The Labute approximate surface area is 362 Å². The average Bonchev–Trinajstić information content (AvgIpc) is 4.04. The Morgan fingerprint density at radius 2 is 1.30 bits per heavy atom. The highest BCUT2D eigenvalue weighted by molar-refractivity contribution is 7.15. The Hall–Kier alpha value is -5.08. The SMILES string of the molecule is Cc1cc(C(=O)N2C[C@H](c3nc(C)c(C(C)(C)O)o3)CC[C@H]2C)c(-n2nccn2)s1.Cc1cc(C(=O)O)c(-n2nccn2)s1.Cc1oc([C@@H]2CC[C@@H](C)NC2)nc1C(C)(C)O. The van der Waals surface area contributed by atoms with Gasteiger partial charge in [0.15, 0.2) is 27.5 Å². The lowest BCUT2D eigenvalue weighted by molar-refractivity contribution is 0.0477. The number of likely N-dealkylation sites (tertiary alicyclic amines) is 1. The van der Waals surface area contributed by atoms with E-state index in [1.54, 1.807) is 46.2 Å². The number of carbonyl (C=O) groups is 2. The van der Waals surface area contributed by atoms with E-state index in [1.807, 2.05) is 38.7 Å². The zero-order valence-electron chi connectivity index (χ0n) is 36.3. The normalized spacial score (nSPS) is 19.5. The van der Waals surface area contributed by atoms with Crippen LogP contribution in [0.25, 0.3) is 10.0 Å². The van der Waals surface area contributed by atoms with E-state index < -0.39 is 17.2 Å². The molecule has 6 aromatic rings. The van der Waals surface area contributed by atoms with Gasteiger partial charge in [0.05, 0.1) is 47.5 Å². The lowest BCUT2D eigenvalue weighted by atomic mass is 9.92. The van der Waals surface area contributed by atoms with E-state index in [9.17, 15) is 19.8 Å². The first-order valence-electron chi connectivity index (χ1n) is 20.3. The summed E-state index contributed by atoms with van der Waals surface area (Å²) in [6, 6.07) is 4.21.